The molecule has 0 radical (unpaired) electrons. The van der Waals surface area contributed by atoms with Crippen molar-refractivity contribution in [3.05, 3.63) is 60.2 Å². The Morgan fingerprint density at radius 1 is 1.03 bits per heavy atom. The summed E-state index contributed by atoms with van der Waals surface area (Å²) < 4.78 is 31.2. The predicted octanol–water partition coefficient (Wildman–Crippen LogP) is 3.58. The summed E-state index contributed by atoms with van der Waals surface area (Å²) in [5, 5.41) is 2.90. The first-order valence-electron chi connectivity index (χ1n) is 11.9. The lowest BCUT2D eigenvalue weighted by Crippen LogP contribution is -2.49. The van der Waals surface area contributed by atoms with Gasteiger partial charge in [0.2, 0.25) is 21.8 Å². The van der Waals surface area contributed by atoms with E-state index in [-0.39, 0.29) is 31.3 Å². The second-order valence-corrected chi connectivity index (χ2v) is 10.3. The smallest absolute Gasteiger partial charge is 0.242 e. The number of benzene rings is 2. The molecule has 0 fully saturated rings. The van der Waals surface area contributed by atoms with Crippen LogP contribution in [0.15, 0.2) is 54.6 Å². The second kappa shape index (κ2) is 13.7. The molecule has 2 aromatic carbocycles. The lowest BCUT2D eigenvalue weighted by Gasteiger charge is -2.31. The normalized spacial score (nSPS) is 12.0. The van der Waals surface area contributed by atoms with E-state index < -0.39 is 16.1 Å². The summed E-state index contributed by atoms with van der Waals surface area (Å²) in [6, 6.07) is 15.6. The Bertz CT molecular complexity index is 1040. The van der Waals surface area contributed by atoms with Gasteiger partial charge in [0.05, 0.1) is 19.1 Å². The number of carbonyl (C=O) groups is 2. The van der Waals surface area contributed by atoms with Gasteiger partial charge in [-0.25, -0.2) is 8.42 Å². The number of nitrogens with zero attached hydrogens (tertiary/aromatic N) is 2. The molecule has 2 aromatic rings. The molecule has 9 heteroatoms. The van der Waals surface area contributed by atoms with E-state index in [0.717, 1.165) is 18.2 Å². The van der Waals surface area contributed by atoms with Crippen molar-refractivity contribution in [1.29, 1.82) is 0 Å². The first kappa shape index (κ1) is 28.2. The number of anilines is 1. The molecular formula is C26H37N3O5S. The topological polar surface area (TPSA) is 96.0 Å². The van der Waals surface area contributed by atoms with Gasteiger partial charge >= 0.3 is 0 Å². The molecule has 0 saturated carbocycles. The van der Waals surface area contributed by atoms with E-state index in [1.54, 1.807) is 36.3 Å². The number of hydrogen-bond acceptors (Lipinski definition) is 5. The van der Waals surface area contributed by atoms with E-state index in [9.17, 15) is 18.0 Å². The van der Waals surface area contributed by atoms with E-state index in [0.29, 0.717) is 30.8 Å². The summed E-state index contributed by atoms with van der Waals surface area (Å²) in [7, 11) is -1.92. The molecule has 0 aliphatic carbocycles. The highest BCUT2D eigenvalue weighted by Gasteiger charge is 2.28. The molecule has 35 heavy (non-hydrogen) atoms. The first-order chi connectivity index (χ1) is 16.7. The number of sulfonamides is 1. The summed E-state index contributed by atoms with van der Waals surface area (Å²) in [4.78, 5) is 27.8. The van der Waals surface area contributed by atoms with Crippen molar-refractivity contribution in [2.45, 2.75) is 52.1 Å². The summed E-state index contributed by atoms with van der Waals surface area (Å²) in [5.41, 5.74) is 1.44. The first-order valence-corrected chi connectivity index (χ1v) is 13.8. The molecule has 0 aromatic heterocycles. The van der Waals surface area contributed by atoms with Crippen LogP contribution < -0.4 is 14.4 Å². The van der Waals surface area contributed by atoms with E-state index in [4.69, 9.17) is 4.74 Å². The molecule has 1 unspecified atom stereocenters. The number of nitrogens with one attached hydrogen (secondary N) is 1. The SMILES string of the molecule is CCCNC(=O)C(CC)N(Cc1ccc(OC)cc1)C(=O)CCCN(c1ccccc1)S(C)(=O)=O. The molecule has 2 amide bonds. The van der Waals surface area contributed by atoms with E-state index in [1.807, 2.05) is 44.2 Å². The predicted molar refractivity (Wildman–Crippen MR) is 139 cm³/mol. The molecule has 1 N–H and O–H groups in total. The number of rotatable bonds is 14. The quantitative estimate of drug-likeness (QED) is 0.425. The van der Waals surface area contributed by atoms with Crippen LogP contribution in [0.1, 0.15) is 45.1 Å². The molecule has 0 aliphatic heterocycles. The maximum atomic E-state index is 13.4. The highest BCUT2D eigenvalue weighted by molar-refractivity contribution is 7.92. The van der Waals surface area contributed by atoms with Crippen LogP contribution in [0.25, 0.3) is 0 Å². The molecule has 0 spiro atoms. The van der Waals surface area contributed by atoms with Crippen molar-refractivity contribution in [3.8, 4) is 5.75 Å². The van der Waals surface area contributed by atoms with Crippen molar-refractivity contribution in [3.63, 3.8) is 0 Å². The van der Waals surface area contributed by atoms with Crippen molar-refractivity contribution < 1.29 is 22.7 Å². The van der Waals surface area contributed by atoms with Gasteiger partial charge in [0.15, 0.2) is 0 Å². The van der Waals surface area contributed by atoms with Gasteiger partial charge < -0.3 is 15.0 Å². The lowest BCUT2D eigenvalue weighted by atomic mass is 10.1. The van der Waals surface area contributed by atoms with Crippen LogP contribution in [-0.4, -0.2) is 57.6 Å². The highest BCUT2D eigenvalue weighted by Crippen LogP contribution is 2.20. The Labute approximate surface area is 209 Å². The van der Waals surface area contributed by atoms with Gasteiger partial charge in [-0.15, -0.1) is 0 Å². The fraction of sp³-hybridized carbons (Fsp3) is 0.462. The standard InChI is InChI=1S/C26H37N3O5S/c1-5-18-27-26(31)24(6-2)28(20-21-14-16-23(34-3)17-15-21)25(30)13-10-19-29(35(4,32)33)22-11-8-7-9-12-22/h7-9,11-12,14-17,24H,5-6,10,13,18-20H2,1-4H3,(H,27,31). The molecule has 0 bridgehead atoms. The molecule has 1 atom stereocenters. The van der Waals surface area contributed by atoms with Gasteiger partial charge in [-0.05, 0) is 49.1 Å². The Morgan fingerprint density at radius 2 is 1.69 bits per heavy atom. The Balaban J connectivity index is 2.18. The minimum absolute atomic E-state index is 0.118. The molecule has 2 rings (SSSR count). The van der Waals surface area contributed by atoms with Crippen LogP contribution in [0.5, 0.6) is 5.75 Å². The average molecular weight is 504 g/mol. The average Bonchev–Trinajstić information content (AvgIpc) is 2.85. The minimum atomic E-state index is -3.50. The van der Waals surface area contributed by atoms with Gasteiger partial charge in [-0.1, -0.05) is 44.2 Å². The third kappa shape index (κ3) is 8.58. The molecule has 192 valence electrons. The van der Waals surface area contributed by atoms with Crippen LogP contribution in [0.4, 0.5) is 5.69 Å². The molecule has 0 saturated heterocycles. The van der Waals surface area contributed by atoms with E-state index in [2.05, 4.69) is 5.32 Å². The molecule has 0 heterocycles. The number of ether oxygens (including phenoxy) is 1. The number of hydrogen-bond donors (Lipinski definition) is 1. The molecule has 8 nitrogen and oxygen atoms in total. The summed E-state index contributed by atoms with van der Waals surface area (Å²) in [5.74, 6) is 0.334. The fourth-order valence-corrected chi connectivity index (χ4v) is 4.78. The Hall–Kier alpha value is -3.07. The number of para-hydroxylation sites is 1. The van der Waals surface area contributed by atoms with E-state index >= 15 is 0 Å². The van der Waals surface area contributed by atoms with E-state index in [1.165, 1.54) is 4.31 Å². The van der Waals surface area contributed by atoms with Crippen molar-refractivity contribution in [1.82, 2.24) is 10.2 Å². The lowest BCUT2D eigenvalue weighted by molar-refractivity contribution is -0.141. The van der Waals surface area contributed by atoms with Gasteiger partial charge in [0, 0.05) is 26.1 Å². The monoisotopic (exact) mass is 503 g/mol. The third-order valence-corrected chi connectivity index (χ3v) is 6.84. The van der Waals surface area contributed by atoms with Crippen LogP contribution in [0, 0.1) is 0 Å². The number of amides is 2. The third-order valence-electron chi connectivity index (χ3n) is 5.64. The summed E-state index contributed by atoms with van der Waals surface area (Å²) in [6.45, 7) is 4.84. The maximum absolute atomic E-state index is 13.4. The van der Waals surface area contributed by atoms with Crippen LogP contribution in [-0.2, 0) is 26.2 Å². The number of carbonyl (C=O) groups excluding carboxylic acids is 2. The second-order valence-electron chi connectivity index (χ2n) is 8.36. The zero-order valence-electron chi connectivity index (χ0n) is 21.1. The highest BCUT2D eigenvalue weighted by atomic mass is 32.2. The van der Waals surface area contributed by atoms with Gasteiger partial charge in [-0.3, -0.25) is 13.9 Å². The summed E-state index contributed by atoms with van der Waals surface area (Å²) in [6.07, 6.45) is 2.87. The minimum Gasteiger partial charge on any atom is -0.497 e. The van der Waals surface area contributed by atoms with Gasteiger partial charge in [0.1, 0.15) is 11.8 Å². The Morgan fingerprint density at radius 3 is 2.23 bits per heavy atom. The van der Waals surface area contributed by atoms with Crippen LogP contribution in [0.3, 0.4) is 0 Å². The molecule has 0 aliphatic rings. The van der Waals surface area contributed by atoms with Crippen LogP contribution in [0.2, 0.25) is 0 Å². The largest absolute Gasteiger partial charge is 0.497 e. The summed E-state index contributed by atoms with van der Waals surface area (Å²) >= 11 is 0. The zero-order valence-corrected chi connectivity index (χ0v) is 21.9. The number of methoxy groups -OCH3 is 1. The van der Waals surface area contributed by atoms with Crippen molar-refractivity contribution in [2.24, 2.45) is 0 Å². The van der Waals surface area contributed by atoms with Gasteiger partial charge in [-0.2, -0.15) is 0 Å². The van der Waals surface area contributed by atoms with Crippen molar-refractivity contribution in [2.75, 3.05) is 30.8 Å². The van der Waals surface area contributed by atoms with Gasteiger partial charge in [0.25, 0.3) is 0 Å². The van der Waals surface area contributed by atoms with Crippen molar-refractivity contribution >= 4 is 27.5 Å². The fourth-order valence-electron chi connectivity index (χ4n) is 3.81. The zero-order chi connectivity index (χ0) is 25.8. The maximum Gasteiger partial charge on any atom is 0.242 e. The van der Waals surface area contributed by atoms with Crippen LogP contribution >= 0.6 is 0 Å². The molecular weight excluding hydrogens is 466 g/mol. The Kier molecular flexibility index (Phi) is 11.0.